The first kappa shape index (κ1) is 12.7. The second-order valence-electron chi connectivity index (χ2n) is 6.18. The highest BCUT2D eigenvalue weighted by Gasteiger charge is 2.49. The Balaban J connectivity index is 1.98. The number of nitrogens with zero attached hydrogens (tertiary/aromatic N) is 1. The standard InChI is InChI=1S/C16H22N2O/c1-9-5-6-10(2)13(7-9)15-17-12(4)16(19)18(15)14-8-11(14)3/h5-7,11-12,14-15,17H,8H2,1-4H3. The Labute approximate surface area is 115 Å². The molecular formula is C16H22N2O. The van der Waals surface area contributed by atoms with Crippen molar-refractivity contribution >= 4 is 5.91 Å². The minimum atomic E-state index is -0.0716. The van der Waals surface area contributed by atoms with Gasteiger partial charge in [-0.2, -0.15) is 0 Å². The first-order chi connectivity index (χ1) is 8.99. The van der Waals surface area contributed by atoms with E-state index >= 15 is 0 Å². The molecule has 2 fully saturated rings. The topological polar surface area (TPSA) is 32.3 Å². The van der Waals surface area contributed by atoms with E-state index in [-0.39, 0.29) is 18.1 Å². The van der Waals surface area contributed by atoms with Crippen molar-refractivity contribution in [3.05, 3.63) is 34.9 Å². The molecule has 3 heteroatoms. The maximum atomic E-state index is 12.4. The Hall–Kier alpha value is -1.35. The van der Waals surface area contributed by atoms with Gasteiger partial charge in [0.1, 0.15) is 6.17 Å². The van der Waals surface area contributed by atoms with Crippen LogP contribution in [0.4, 0.5) is 0 Å². The van der Waals surface area contributed by atoms with Gasteiger partial charge in [-0.15, -0.1) is 0 Å². The van der Waals surface area contributed by atoms with E-state index in [1.165, 1.54) is 16.7 Å². The summed E-state index contributed by atoms with van der Waals surface area (Å²) in [5, 5.41) is 3.46. The van der Waals surface area contributed by atoms with Crippen molar-refractivity contribution in [1.29, 1.82) is 0 Å². The minimum Gasteiger partial charge on any atom is -0.318 e. The van der Waals surface area contributed by atoms with Gasteiger partial charge in [0.2, 0.25) is 5.91 Å². The summed E-state index contributed by atoms with van der Waals surface area (Å²) in [6.45, 7) is 8.42. The molecule has 0 aromatic heterocycles. The van der Waals surface area contributed by atoms with Crippen LogP contribution < -0.4 is 5.32 Å². The van der Waals surface area contributed by atoms with Crippen LogP contribution in [0.15, 0.2) is 18.2 Å². The summed E-state index contributed by atoms with van der Waals surface area (Å²) in [5.74, 6) is 0.893. The van der Waals surface area contributed by atoms with Crippen molar-refractivity contribution < 1.29 is 4.79 Å². The number of amides is 1. The molecule has 1 aromatic rings. The number of rotatable bonds is 2. The molecule has 1 amide bonds. The summed E-state index contributed by atoms with van der Waals surface area (Å²) >= 11 is 0. The molecule has 1 N–H and O–H groups in total. The van der Waals surface area contributed by atoms with E-state index in [4.69, 9.17) is 0 Å². The van der Waals surface area contributed by atoms with E-state index in [1.807, 2.05) is 6.92 Å². The van der Waals surface area contributed by atoms with Crippen LogP contribution >= 0.6 is 0 Å². The largest absolute Gasteiger partial charge is 0.318 e. The van der Waals surface area contributed by atoms with Gasteiger partial charge in [-0.05, 0) is 44.2 Å². The van der Waals surface area contributed by atoms with Gasteiger partial charge in [0.25, 0.3) is 0 Å². The van der Waals surface area contributed by atoms with E-state index in [0.29, 0.717) is 12.0 Å². The smallest absolute Gasteiger partial charge is 0.241 e. The molecule has 1 heterocycles. The maximum absolute atomic E-state index is 12.4. The molecule has 3 rings (SSSR count). The number of aryl methyl sites for hydroxylation is 2. The van der Waals surface area contributed by atoms with E-state index in [2.05, 4.69) is 49.2 Å². The fourth-order valence-electron chi connectivity index (χ4n) is 3.08. The molecule has 1 saturated carbocycles. The number of hydrogen-bond acceptors (Lipinski definition) is 2. The average molecular weight is 258 g/mol. The van der Waals surface area contributed by atoms with Crippen LogP contribution in [0, 0.1) is 19.8 Å². The molecule has 1 aromatic carbocycles. The van der Waals surface area contributed by atoms with Crippen molar-refractivity contribution in [1.82, 2.24) is 10.2 Å². The summed E-state index contributed by atoms with van der Waals surface area (Å²) in [7, 11) is 0. The van der Waals surface area contributed by atoms with Crippen molar-refractivity contribution in [2.45, 2.75) is 52.4 Å². The molecule has 0 radical (unpaired) electrons. The number of carbonyl (C=O) groups excluding carboxylic acids is 1. The monoisotopic (exact) mass is 258 g/mol. The van der Waals surface area contributed by atoms with Gasteiger partial charge in [0, 0.05) is 6.04 Å². The first-order valence-electron chi connectivity index (χ1n) is 7.14. The van der Waals surface area contributed by atoms with Crippen LogP contribution in [-0.4, -0.2) is 22.9 Å². The highest BCUT2D eigenvalue weighted by atomic mass is 16.2. The fourth-order valence-corrected chi connectivity index (χ4v) is 3.08. The second-order valence-corrected chi connectivity index (χ2v) is 6.18. The molecule has 102 valence electrons. The molecule has 19 heavy (non-hydrogen) atoms. The third kappa shape index (κ3) is 2.06. The van der Waals surface area contributed by atoms with Crippen LogP contribution in [-0.2, 0) is 4.79 Å². The molecule has 1 aliphatic heterocycles. The Morgan fingerprint density at radius 2 is 1.95 bits per heavy atom. The first-order valence-corrected chi connectivity index (χ1v) is 7.14. The van der Waals surface area contributed by atoms with Gasteiger partial charge in [-0.3, -0.25) is 10.1 Å². The summed E-state index contributed by atoms with van der Waals surface area (Å²) in [5.41, 5.74) is 3.75. The normalized spacial score (nSPS) is 33.9. The van der Waals surface area contributed by atoms with Crippen LogP contribution in [0.2, 0.25) is 0 Å². The zero-order chi connectivity index (χ0) is 13.7. The maximum Gasteiger partial charge on any atom is 0.241 e. The Morgan fingerprint density at radius 3 is 2.58 bits per heavy atom. The van der Waals surface area contributed by atoms with Crippen LogP contribution in [0.5, 0.6) is 0 Å². The summed E-state index contributed by atoms with van der Waals surface area (Å²) in [6.07, 6.45) is 1.19. The third-order valence-electron chi connectivity index (χ3n) is 4.46. The molecule has 0 bridgehead atoms. The molecule has 1 aliphatic carbocycles. The average Bonchev–Trinajstić information content (AvgIpc) is 3.00. The number of carbonyl (C=O) groups is 1. The lowest BCUT2D eigenvalue weighted by Crippen LogP contribution is -2.33. The highest BCUT2D eigenvalue weighted by Crippen LogP contribution is 2.42. The number of nitrogens with one attached hydrogen (secondary N) is 1. The quantitative estimate of drug-likeness (QED) is 0.884. The molecule has 0 spiro atoms. The summed E-state index contributed by atoms with van der Waals surface area (Å²) in [4.78, 5) is 14.5. The summed E-state index contributed by atoms with van der Waals surface area (Å²) in [6, 6.07) is 6.84. The van der Waals surface area contributed by atoms with E-state index < -0.39 is 0 Å². The molecule has 4 atom stereocenters. The van der Waals surface area contributed by atoms with Gasteiger partial charge in [0.05, 0.1) is 6.04 Å². The van der Waals surface area contributed by atoms with Crippen molar-refractivity contribution in [3.8, 4) is 0 Å². The fraction of sp³-hybridized carbons (Fsp3) is 0.562. The number of benzene rings is 1. The van der Waals surface area contributed by atoms with Crippen LogP contribution in [0.3, 0.4) is 0 Å². The van der Waals surface area contributed by atoms with Gasteiger partial charge in [-0.1, -0.05) is 30.7 Å². The lowest BCUT2D eigenvalue weighted by atomic mass is 10.0. The molecular weight excluding hydrogens is 236 g/mol. The predicted octanol–water partition coefficient (Wildman–Crippen LogP) is 2.53. The summed E-state index contributed by atoms with van der Waals surface area (Å²) < 4.78 is 0. The highest BCUT2D eigenvalue weighted by molar-refractivity contribution is 5.85. The van der Waals surface area contributed by atoms with Crippen LogP contribution in [0.25, 0.3) is 0 Å². The third-order valence-corrected chi connectivity index (χ3v) is 4.46. The minimum absolute atomic E-state index is 0.0531. The van der Waals surface area contributed by atoms with Crippen molar-refractivity contribution in [2.75, 3.05) is 0 Å². The van der Waals surface area contributed by atoms with E-state index in [1.54, 1.807) is 0 Å². The Kier molecular flexibility index (Phi) is 2.90. The zero-order valence-electron chi connectivity index (χ0n) is 12.1. The second kappa shape index (κ2) is 4.34. The molecule has 2 aliphatic rings. The molecule has 1 saturated heterocycles. The molecule has 4 unspecified atom stereocenters. The van der Waals surface area contributed by atoms with Crippen LogP contribution in [0.1, 0.15) is 43.1 Å². The van der Waals surface area contributed by atoms with Gasteiger partial charge in [0.15, 0.2) is 0 Å². The van der Waals surface area contributed by atoms with Crippen molar-refractivity contribution in [3.63, 3.8) is 0 Å². The lowest BCUT2D eigenvalue weighted by Gasteiger charge is -2.26. The number of hydrogen-bond donors (Lipinski definition) is 1. The zero-order valence-corrected chi connectivity index (χ0v) is 12.1. The van der Waals surface area contributed by atoms with Gasteiger partial charge >= 0.3 is 0 Å². The van der Waals surface area contributed by atoms with Crippen molar-refractivity contribution in [2.24, 2.45) is 5.92 Å². The van der Waals surface area contributed by atoms with Gasteiger partial charge in [-0.25, -0.2) is 0 Å². The SMILES string of the molecule is Cc1ccc(C)c(C2NC(C)C(=O)N2C2CC2C)c1. The Morgan fingerprint density at radius 1 is 1.26 bits per heavy atom. The Bertz CT molecular complexity index is 525. The van der Waals surface area contributed by atoms with E-state index in [9.17, 15) is 4.79 Å². The molecule has 3 nitrogen and oxygen atoms in total. The van der Waals surface area contributed by atoms with E-state index in [0.717, 1.165) is 6.42 Å². The lowest BCUT2D eigenvalue weighted by molar-refractivity contribution is -0.130. The predicted molar refractivity (Wildman–Crippen MR) is 75.7 cm³/mol. The van der Waals surface area contributed by atoms with Gasteiger partial charge < -0.3 is 4.90 Å².